The van der Waals surface area contributed by atoms with E-state index in [-0.39, 0.29) is 11.1 Å². The minimum absolute atomic E-state index is 0.186. The smallest absolute Gasteiger partial charge is 0.293 e. The molecule has 1 aromatic carbocycles. The fraction of sp³-hybridized carbons (Fsp3) is 0.227. The third-order valence-electron chi connectivity index (χ3n) is 4.92. The number of pyridine rings is 1. The number of fused-ring (bicyclic) bond motifs is 1. The lowest BCUT2D eigenvalue weighted by Gasteiger charge is -2.11. The molecule has 1 aliphatic heterocycles. The molecule has 0 N–H and O–H groups in total. The highest BCUT2D eigenvalue weighted by atomic mass is 32.2. The summed E-state index contributed by atoms with van der Waals surface area (Å²) in [7, 11) is 0. The first-order valence-electron chi connectivity index (χ1n) is 9.29. The Morgan fingerprint density at radius 2 is 1.96 bits per heavy atom. The van der Waals surface area contributed by atoms with Crippen molar-refractivity contribution in [3.05, 3.63) is 64.5 Å². The van der Waals surface area contributed by atoms with E-state index in [0.29, 0.717) is 11.4 Å². The largest absolute Gasteiger partial charge is 0.318 e. The second kappa shape index (κ2) is 7.28. The van der Waals surface area contributed by atoms with Crippen molar-refractivity contribution in [3.63, 3.8) is 0 Å². The van der Waals surface area contributed by atoms with Gasteiger partial charge in [-0.1, -0.05) is 13.0 Å². The molecule has 28 heavy (non-hydrogen) atoms. The molecular formula is C22H21N3O2S. The first-order valence-corrected chi connectivity index (χ1v) is 10.1. The van der Waals surface area contributed by atoms with Crippen molar-refractivity contribution >= 4 is 39.9 Å². The molecule has 3 aromatic rings. The van der Waals surface area contributed by atoms with Gasteiger partial charge in [0, 0.05) is 35.2 Å². The highest BCUT2D eigenvalue weighted by Gasteiger charge is 2.34. The number of amides is 2. The van der Waals surface area contributed by atoms with Gasteiger partial charge in [-0.15, -0.1) is 0 Å². The van der Waals surface area contributed by atoms with Gasteiger partial charge in [0.1, 0.15) is 0 Å². The Kier molecular flexibility index (Phi) is 4.81. The molecule has 4 rings (SSSR count). The molecule has 1 saturated heterocycles. The third-order valence-corrected chi connectivity index (χ3v) is 5.83. The number of carbonyl (C=O) groups is 2. The molecule has 0 spiro atoms. The number of benzene rings is 1. The van der Waals surface area contributed by atoms with Crippen molar-refractivity contribution in [2.24, 2.45) is 0 Å². The van der Waals surface area contributed by atoms with Crippen LogP contribution in [0.3, 0.4) is 0 Å². The van der Waals surface area contributed by atoms with Crippen LogP contribution in [0.1, 0.15) is 30.3 Å². The van der Waals surface area contributed by atoms with Gasteiger partial charge >= 0.3 is 0 Å². The Morgan fingerprint density at radius 1 is 1.14 bits per heavy atom. The van der Waals surface area contributed by atoms with E-state index in [0.717, 1.165) is 51.7 Å². The minimum atomic E-state index is -0.196. The van der Waals surface area contributed by atoms with E-state index in [1.807, 2.05) is 51.1 Å². The Bertz CT molecular complexity index is 1130. The van der Waals surface area contributed by atoms with Gasteiger partial charge in [-0.3, -0.25) is 19.5 Å². The standard InChI is InChI=1S/C22H21N3O2S/c1-4-10-24-21(26)20(28-22(24)27)13-17-11-14(2)25(15(17)3)18-7-8-19-16(12-18)6-5-9-23-19/h5-9,11-13H,4,10H2,1-3H3/b20-13+. The van der Waals surface area contributed by atoms with E-state index >= 15 is 0 Å². The lowest BCUT2D eigenvalue weighted by molar-refractivity contribution is -0.122. The maximum Gasteiger partial charge on any atom is 0.293 e. The number of nitrogens with zero attached hydrogens (tertiary/aromatic N) is 3. The van der Waals surface area contributed by atoms with Gasteiger partial charge in [0.25, 0.3) is 11.1 Å². The molecule has 1 aliphatic rings. The predicted octanol–water partition coefficient (Wildman–Crippen LogP) is 5.09. The van der Waals surface area contributed by atoms with Crippen LogP contribution in [0.15, 0.2) is 47.5 Å². The summed E-state index contributed by atoms with van der Waals surface area (Å²) in [6.45, 7) is 6.49. The average molecular weight is 391 g/mol. The summed E-state index contributed by atoms with van der Waals surface area (Å²) >= 11 is 1.02. The van der Waals surface area contributed by atoms with Gasteiger partial charge in [-0.25, -0.2) is 0 Å². The van der Waals surface area contributed by atoms with Crippen molar-refractivity contribution in [3.8, 4) is 5.69 Å². The summed E-state index contributed by atoms with van der Waals surface area (Å²) in [6, 6.07) is 12.2. The van der Waals surface area contributed by atoms with Crippen molar-refractivity contribution in [1.29, 1.82) is 0 Å². The molecule has 0 saturated carbocycles. The van der Waals surface area contributed by atoms with E-state index in [9.17, 15) is 9.59 Å². The minimum Gasteiger partial charge on any atom is -0.318 e. The first kappa shape index (κ1) is 18.5. The molecule has 0 atom stereocenters. The zero-order valence-electron chi connectivity index (χ0n) is 16.1. The molecule has 0 aliphatic carbocycles. The van der Waals surface area contributed by atoms with Crippen LogP contribution in [0.2, 0.25) is 0 Å². The Labute approximate surface area is 168 Å². The maximum atomic E-state index is 12.5. The van der Waals surface area contributed by atoms with E-state index < -0.39 is 0 Å². The van der Waals surface area contributed by atoms with E-state index in [4.69, 9.17) is 0 Å². The molecular weight excluding hydrogens is 370 g/mol. The number of thioether (sulfide) groups is 1. The molecule has 3 heterocycles. The number of aryl methyl sites for hydroxylation is 1. The van der Waals surface area contributed by atoms with Crippen LogP contribution < -0.4 is 0 Å². The molecule has 142 valence electrons. The van der Waals surface area contributed by atoms with Gasteiger partial charge in [0.15, 0.2) is 0 Å². The summed E-state index contributed by atoms with van der Waals surface area (Å²) in [6.07, 6.45) is 4.39. The topological polar surface area (TPSA) is 55.2 Å². The zero-order chi connectivity index (χ0) is 19.8. The number of imide groups is 1. The van der Waals surface area contributed by atoms with Crippen LogP contribution in [0.4, 0.5) is 4.79 Å². The van der Waals surface area contributed by atoms with Crippen molar-refractivity contribution < 1.29 is 9.59 Å². The highest BCUT2D eigenvalue weighted by Crippen LogP contribution is 2.34. The van der Waals surface area contributed by atoms with Crippen molar-refractivity contribution in [2.45, 2.75) is 27.2 Å². The van der Waals surface area contributed by atoms with Crippen LogP contribution in [-0.4, -0.2) is 32.1 Å². The highest BCUT2D eigenvalue weighted by molar-refractivity contribution is 8.18. The Morgan fingerprint density at radius 3 is 2.75 bits per heavy atom. The summed E-state index contributed by atoms with van der Waals surface area (Å²) in [5.41, 5.74) is 5.06. The molecule has 0 bridgehead atoms. The molecule has 5 nitrogen and oxygen atoms in total. The van der Waals surface area contributed by atoms with Gasteiger partial charge in [0.05, 0.1) is 10.4 Å². The number of hydrogen-bond donors (Lipinski definition) is 0. The lowest BCUT2D eigenvalue weighted by atomic mass is 10.2. The van der Waals surface area contributed by atoms with E-state index in [1.165, 1.54) is 4.90 Å². The van der Waals surface area contributed by atoms with Crippen LogP contribution in [-0.2, 0) is 4.79 Å². The Balaban J connectivity index is 1.73. The SMILES string of the molecule is CCCN1C(=O)S/C(=C/c2cc(C)n(-c3ccc4ncccc4c3)c2C)C1=O. The second-order valence-corrected chi connectivity index (χ2v) is 7.87. The summed E-state index contributed by atoms with van der Waals surface area (Å²) < 4.78 is 2.16. The maximum absolute atomic E-state index is 12.5. The number of rotatable bonds is 4. The molecule has 2 amide bonds. The number of carbonyl (C=O) groups excluding carboxylic acids is 2. The lowest BCUT2D eigenvalue weighted by Crippen LogP contribution is -2.28. The number of aromatic nitrogens is 2. The fourth-order valence-corrected chi connectivity index (χ4v) is 4.45. The second-order valence-electron chi connectivity index (χ2n) is 6.88. The van der Waals surface area contributed by atoms with Gasteiger partial charge in [-0.2, -0.15) is 0 Å². The average Bonchev–Trinajstić information content (AvgIpc) is 3.11. The van der Waals surface area contributed by atoms with E-state index in [1.54, 1.807) is 6.20 Å². The number of hydrogen-bond acceptors (Lipinski definition) is 4. The molecule has 0 unspecified atom stereocenters. The third kappa shape index (κ3) is 3.14. The molecule has 6 heteroatoms. The zero-order valence-corrected chi connectivity index (χ0v) is 16.9. The van der Waals surface area contributed by atoms with Crippen molar-refractivity contribution in [1.82, 2.24) is 14.5 Å². The Hall–Kier alpha value is -2.86. The van der Waals surface area contributed by atoms with Gasteiger partial charge < -0.3 is 4.57 Å². The van der Waals surface area contributed by atoms with Gasteiger partial charge in [0.2, 0.25) is 0 Å². The predicted molar refractivity (Wildman–Crippen MR) is 114 cm³/mol. The normalized spacial score (nSPS) is 16.0. The summed E-state index contributed by atoms with van der Waals surface area (Å²) in [5, 5.41) is 0.892. The summed E-state index contributed by atoms with van der Waals surface area (Å²) in [4.78, 5) is 30.8. The van der Waals surface area contributed by atoms with E-state index in [2.05, 4.69) is 21.7 Å². The van der Waals surface area contributed by atoms with Crippen LogP contribution in [0, 0.1) is 13.8 Å². The van der Waals surface area contributed by atoms with Gasteiger partial charge in [-0.05, 0) is 74.0 Å². The molecule has 1 fully saturated rings. The van der Waals surface area contributed by atoms with Crippen LogP contribution in [0.5, 0.6) is 0 Å². The van der Waals surface area contributed by atoms with Crippen LogP contribution >= 0.6 is 11.8 Å². The van der Waals surface area contributed by atoms with Crippen molar-refractivity contribution in [2.75, 3.05) is 6.54 Å². The van der Waals surface area contributed by atoms with Crippen LogP contribution in [0.25, 0.3) is 22.7 Å². The first-order chi connectivity index (χ1) is 13.5. The monoisotopic (exact) mass is 391 g/mol. The summed E-state index contributed by atoms with van der Waals surface area (Å²) in [5.74, 6) is -0.196. The molecule has 0 radical (unpaired) electrons. The molecule has 2 aromatic heterocycles. The fourth-order valence-electron chi connectivity index (χ4n) is 3.59. The quantitative estimate of drug-likeness (QED) is 0.582.